The zero-order chi connectivity index (χ0) is 21.9. The molecule has 2 amide bonds. The van der Waals surface area contributed by atoms with E-state index in [9.17, 15) is 14.7 Å². The average molecular weight is 418 g/mol. The molecule has 0 bridgehead atoms. The number of pyridine rings is 1. The molecule has 0 spiro atoms. The molecular formula is C23H35N3O4. The Morgan fingerprint density at radius 3 is 2.73 bits per heavy atom. The second kappa shape index (κ2) is 8.92. The van der Waals surface area contributed by atoms with Crippen LogP contribution >= 0.6 is 0 Å². The third-order valence-corrected chi connectivity index (χ3v) is 6.36. The Balaban J connectivity index is 1.74. The van der Waals surface area contributed by atoms with Crippen molar-refractivity contribution in [3.8, 4) is 0 Å². The summed E-state index contributed by atoms with van der Waals surface area (Å²) in [6.07, 6.45) is 6.93. The molecule has 2 heterocycles. The number of amides is 2. The van der Waals surface area contributed by atoms with E-state index in [2.05, 4.69) is 17.2 Å². The second-order valence-electron chi connectivity index (χ2n) is 9.91. The van der Waals surface area contributed by atoms with E-state index < -0.39 is 17.1 Å². The minimum Gasteiger partial charge on any atom is -0.444 e. The number of carbonyl (C=O) groups excluding carboxylic acids is 2. The van der Waals surface area contributed by atoms with Crippen molar-refractivity contribution < 1.29 is 19.4 Å². The number of rotatable bonds is 4. The number of carbonyl (C=O) groups is 2. The zero-order valence-electron chi connectivity index (χ0n) is 18.6. The molecule has 2 N–H and O–H groups in total. The van der Waals surface area contributed by atoms with Gasteiger partial charge in [0.05, 0.1) is 18.6 Å². The van der Waals surface area contributed by atoms with Gasteiger partial charge in [-0.05, 0) is 51.7 Å². The minimum atomic E-state index is -0.604. The summed E-state index contributed by atoms with van der Waals surface area (Å²) in [6, 6.07) is 3.37. The lowest BCUT2D eigenvalue weighted by Gasteiger charge is -2.37. The maximum Gasteiger partial charge on any atom is 0.410 e. The van der Waals surface area contributed by atoms with Gasteiger partial charge in [-0.15, -0.1) is 0 Å². The Hall–Kier alpha value is -2.15. The smallest absolute Gasteiger partial charge is 0.410 e. The summed E-state index contributed by atoms with van der Waals surface area (Å²) in [4.78, 5) is 31.4. The average Bonchev–Trinajstić information content (AvgIpc) is 2.88. The minimum absolute atomic E-state index is 0.0925. The van der Waals surface area contributed by atoms with E-state index in [1.165, 1.54) is 0 Å². The maximum atomic E-state index is 13.1. The fourth-order valence-electron chi connectivity index (χ4n) is 4.89. The monoisotopic (exact) mass is 417 g/mol. The summed E-state index contributed by atoms with van der Waals surface area (Å²) < 4.78 is 5.71. The molecule has 1 saturated carbocycles. The van der Waals surface area contributed by atoms with E-state index in [1.807, 2.05) is 26.8 Å². The molecule has 0 aromatic carbocycles. The predicted octanol–water partition coefficient (Wildman–Crippen LogP) is 3.06. The number of hydrogen-bond acceptors (Lipinski definition) is 5. The molecule has 166 valence electrons. The normalized spacial score (nSPS) is 29.1. The quantitative estimate of drug-likeness (QED) is 0.786. The summed E-state index contributed by atoms with van der Waals surface area (Å²) in [5, 5.41) is 13.8. The van der Waals surface area contributed by atoms with Crippen molar-refractivity contribution in [1.82, 2.24) is 15.2 Å². The van der Waals surface area contributed by atoms with E-state index in [-0.39, 0.29) is 30.5 Å². The summed E-state index contributed by atoms with van der Waals surface area (Å²) in [6.45, 7) is 7.98. The zero-order valence-corrected chi connectivity index (χ0v) is 18.6. The summed E-state index contributed by atoms with van der Waals surface area (Å²) in [7, 11) is 0. The topological polar surface area (TPSA) is 91.8 Å². The van der Waals surface area contributed by atoms with E-state index in [0.717, 1.165) is 31.2 Å². The number of aromatic nitrogens is 1. The fourth-order valence-corrected chi connectivity index (χ4v) is 4.89. The lowest BCUT2D eigenvalue weighted by molar-refractivity contribution is -0.120. The van der Waals surface area contributed by atoms with Gasteiger partial charge >= 0.3 is 6.09 Å². The van der Waals surface area contributed by atoms with Crippen LogP contribution in [-0.4, -0.2) is 57.3 Å². The van der Waals surface area contributed by atoms with Crippen LogP contribution in [0, 0.1) is 5.41 Å². The fraction of sp³-hybridized carbons (Fsp3) is 0.696. The number of aliphatic hydroxyl groups excluding tert-OH is 1. The largest absolute Gasteiger partial charge is 0.444 e. The first kappa shape index (κ1) is 22.5. The molecule has 1 saturated heterocycles. The molecule has 1 aromatic heterocycles. The molecule has 1 aliphatic carbocycles. The molecule has 4 atom stereocenters. The summed E-state index contributed by atoms with van der Waals surface area (Å²) in [5.41, 5.74) is -0.155. The van der Waals surface area contributed by atoms with Crippen molar-refractivity contribution in [3.63, 3.8) is 0 Å². The Kier molecular flexibility index (Phi) is 6.70. The van der Waals surface area contributed by atoms with E-state index in [1.54, 1.807) is 23.4 Å². The Morgan fingerprint density at radius 1 is 1.33 bits per heavy atom. The Morgan fingerprint density at radius 2 is 2.07 bits per heavy atom. The van der Waals surface area contributed by atoms with Crippen molar-refractivity contribution in [2.75, 3.05) is 6.54 Å². The number of ether oxygens (including phenoxy) is 1. The van der Waals surface area contributed by atoms with Crippen LogP contribution in [0.25, 0.3) is 0 Å². The number of hydrogen-bond donors (Lipinski definition) is 2. The highest BCUT2D eigenvalue weighted by Crippen LogP contribution is 2.48. The molecular weight excluding hydrogens is 382 g/mol. The highest BCUT2D eigenvalue weighted by molar-refractivity contribution is 5.78. The van der Waals surface area contributed by atoms with Crippen molar-refractivity contribution in [3.05, 3.63) is 30.1 Å². The van der Waals surface area contributed by atoms with Crippen LogP contribution in [0.5, 0.6) is 0 Å². The van der Waals surface area contributed by atoms with Gasteiger partial charge in [-0.3, -0.25) is 14.7 Å². The first-order chi connectivity index (χ1) is 14.1. The predicted molar refractivity (Wildman–Crippen MR) is 114 cm³/mol. The van der Waals surface area contributed by atoms with Crippen LogP contribution in [0.1, 0.15) is 65.4 Å². The van der Waals surface area contributed by atoms with Crippen LogP contribution in [0.4, 0.5) is 4.79 Å². The third-order valence-electron chi connectivity index (χ3n) is 6.36. The summed E-state index contributed by atoms with van der Waals surface area (Å²) in [5.74, 6) is -0.107. The number of aliphatic hydroxyl groups is 1. The molecule has 7 nitrogen and oxygen atoms in total. The SMILES string of the molecule is CC(C)(C)OC(=O)N1[C@@H](CNC(=O)Cc2cccnc2)C[C@@]2(C)[C@@H](O)CCCC[C@@H]12. The van der Waals surface area contributed by atoms with Crippen LogP contribution in [0.3, 0.4) is 0 Å². The van der Waals surface area contributed by atoms with Crippen molar-refractivity contribution in [1.29, 1.82) is 0 Å². The van der Waals surface area contributed by atoms with Crippen LogP contribution in [0.2, 0.25) is 0 Å². The van der Waals surface area contributed by atoms with Gasteiger partial charge in [-0.1, -0.05) is 25.8 Å². The highest BCUT2D eigenvalue weighted by atomic mass is 16.6. The molecule has 2 aliphatic rings. The Labute approximate surface area is 179 Å². The number of nitrogens with one attached hydrogen (secondary N) is 1. The van der Waals surface area contributed by atoms with Gasteiger partial charge in [0.2, 0.25) is 5.91 Å². The van der Waals surface area contributed by atoms with Crippen LogP contribution in [-0.2, 0) is 16.0 Å². The van der Waals surface area contributed by atoms with E-state index in [0.29, 0.717) is 13.0 Å². The molecule has 1 aliphatic heterocycles. The lowest BCUT2D eigenvalue weighted by atomic mass is 9.75. The first-order valence-electron chi connectivity index (χ1n) is 10.9. The van der Waals surface area contributed by atoms with Gasteiger partial charge in [0.1, 0.15) is 5.60 Å². The molecule has 3 rings (SSSR count). The molecule has 0 unspecified atom stereocenters. The lowest BCUT2D eigenvalue weighted by Crippen LogP contribution is -2.50. The molecule has 0 radical (unpaired) electrons. The number of fused-ring (bicyclic) bond motifs is 1. The van der Waals surface area contributed by atoms with Crippen molar-refractivity contribution in [2.45, 2.75) is 90.0 Å². The van der Waals surface area contributed by atoms with Gasteiger partial charge < -0.3 is 15.2 Å². The van der Waals surface area contributed by atoms with E-state index >= 15 is 0 Å². The molecule has 7 heteroatoms. The van der Waals surface area contributed by atoms with Gasteiger partial charge in [0, 0.05) is 30.4 Å². The number of nitrogens with zero attached hydrogens (tertiary/aromatic N) is 2. The molecule has 30 heavy (non-hydrogen) atoms. The van der Waals surface area contributed by atoms with Gasteiger partial charge in [-0.2, -0.15) is 0 Å². The molecule has 1 aromatic rings. The Bertz CT molecular complexity index is 749. The van der Waals surface area contributed by atoms with Gasteiger partial charge in [-0.25, -0.2) is 4.79 Å². The van der Waals surface area contributed by atoms with Crippen molar-refractivity contribution in [2.24, 2.45) is 5.41 Å². The number of likely N-dealkylation sites (tertiary alicyclic amines) is 1. The van der Waals surface area contributed by atoms with E-state index in [4.69, 9.17) is 4.74 Å². The molecule has 2 fully saturated rings. The maximum absolute atomic E-state index is 13.1. The first-order valence-corrected chi connectivity index (χ1v) is 10.9. The second-order valence-corrected chi connectivity index (χ2v) is 9.91. The third kappa shape index (κ3) is 5.12. The van der Waals surface area contributed by atoms with Gasteiger partial charge in [0.25, 0.3) is 0 Å². The van der Waals surface area contributed by atoms with Gasteiger partial charge in [0.15, 0.2) is 0 Å². The van der Waals surface area contributed by atoms with Crippen molar-refractivity contribution >= 4 is 12.0 Å². The van der Waals surface area contributed by atoms with Crippen LogP contribution < -0.4 is 5.32 Å². The standard InChI is InChI=1S/C23H35N3O4/c1-22(2,3)30-21(29)26-17(13-23(4)18(26)9-5-6-10-19(23)27)15-25-20(28)12-16-8-7-11-24-14-16/h7-8,11,14,17-19,27H,5-6,9-10,12-13,15H2,1-4H3,(H,25,28)/t17-,18-,19+,23-/m1/s1. The highest BCUT2D eigenvalue weighted by Gasteiger charge is 2.55. The summed E-state index contributed by atoms with van der Waals surface area (Å²) >= 11 is 0. The van der Waals surface area contributed by atoms with Crippen LogP contribution in [0.15, 0.2) is 24.5 Å².